The van der Waals surface area contributed by atoms with Crippen LogP contribution < -0.4 is 10.1 Å². The molecule has 0 aliphatic heterocycles. The smallest absolute Gasteiger partial charge is 0.261 e. The minimum absolute atomic E-state index is 0.136. The van der Waals surface area contributed by atoms with E-state index in [1.807, 2.05) is 93.6 Å². The lowest BCUT2D eigenvalue weighted by molar-refractivity contribution is -0.142. The van der Waals surface area contributed by atoms with Gasteiger partial charge in [0.25, 0.3) is 5.91 Å². The van der Waals surface area contributed by atoms with Crippen molar-refractivity contribution in [1.29, 1.82) is 0 Å². The van der Waals surface area contributed by atoms with Crippen molar-refractivity contribution in [2.45, 2.75) is 59.5 Å². The van der Waals surface area contributed by atoms with Crippen molar-refractivity contribution in [1.82, 2.24) is 10.2 Å². The quantitative estimate of drug-likeness (QED) is 0.342. The molecule has 0 radical (unpaired) electrons. The van der Waals surface area contributed by atoms with Crippen LogP contribution in [0, 0.1) is 20.8 Å². The minimum Gasteiger partial charge on any atom is -0.483 e. The highest BCUT2D eigenvalue weighted by atomic mass is 16.5. The van der Waals surface area contributed by atoms with E-state index in [0.717, 1.165) is 40.7 Å². The molecule has 190 valence electrons. The topological polar surface area (TPSA) is 58.6 Å². The second kappa shape index (κ2) is 13.5. The van der Waals surface area contributed by atoms with E-state index in [0.29, 0.717) is 25.3 Å². The molecule has 0 saturated heterocycles. The lowest BCUT2D eigenvalue weighted by Gasteiger charge is -2.32. The zero-order valence-corrected chi connectivity index (χ0v) is 21.9. The highest BCUT2D eigenvalue weighted by Crippen LogP contribution is 2.21. The van der Waals surface area contributed by atoms with Crippen LogP contribution in [0.1, 0.15) is 47.6 Å². The van der Waals surface area contributed by atoms with Gasteiger partial charge in [-0.05, 0) is 55.5 Å². The summed E-state index contributed by atoms with van der Waals surface area (Å²) in [5.74, 6) is 0.322. The highest BCUT2D eigenvalue weighted by Gasteiger charge is 2.31. The molecule has 1 atom stereocenters. The van der Waals surface area contributed by atoms with Gasteiger partial charge in [-0.15, -0.1) is 0 Å². The maximum Gasteiger partial charge on any atom is 0.261 e. The molecule has 0 unspecified atom stereocenters. The summed E-state index contributed by atoms with van der Waals surface area (Å²) in [6.45, 7) is 8.90. The van der Waals surface area contributed by atoms with Crippen LogP contribution in [0.3, 0.4) is 0 Å². The Bertz CT molecular complexity index is 1140. The summed E-state index contributed by atoms with van der Waals surface area (Å²) in [4.78, 5) is 28.8. The van der Waals surface area contributed by atoms with Gasteiger partial charge in [-0.1, -0.05) is 85.6 Å². The number of aryl methyl sites for hydroxylation is 3. The highest BCUT2D eigenvalue weighted by molar-refractivity contribution is 5.88. The molecule has 0 aromatic heterocycles. The molecular formula is C31H38N2O3. The normalized spacial score (nSPS) is 11.6. The zero-order chi connectivity index (χ0) is 25.9. The maximum atomic E-state index is 13.7. The zero-order valence-electron chi connectivity index (χ0n) is 21.9. The molecule has 5 nitrogen and oxygen atoms in total. The van der Waals surface area contributed by atoms with Crippen molar-refractivity contribution in [2.24, 2.45) is 0 Å². The molecule has 0 heterocycles. The first-order chi connectivity index (χ1) is 17.4. The second-order valence-electron chi connectivity index (χ2n) is 9.36. The van der Waals surface area contributed by atoms with E-state index in [4.69, 9.17) is 4.74 Å². The van der Waals surface area contributed by atoms with E-state index in [1.54, 1.807) is 4.90 Å². The van der Waals surface area contributed by atoms with E-state index in [1.165, 1.54) is 0 Å². The van der Waals surface area contributed by atoms with Crippen molar-refractivity contribution >= 4 is 11.8 Å². The predicted molar refractivity (Wildman–Crippen MR) is 145 cm³/mol. The van der Waals surface area contributed by atoms with E-state index in [9.17, 15) is 9.59 Å². The number of nitrogens with one attached hydrogen (secondary N) is 1. The number of benzene rings is 3. The van der Waals surface area contributed by atoms with Crippen LogP contribution in [-0.4, -0.2) is 35.9 Å². The van der Waals surface area contributed by atoms with Crippen LogP contribution in [0.15, 0.2) is 72.8 Å². The fourth-order valence-corrected chi connectivity index (χ4v) is 4.21. The average molecular weight is 487 g/mol. The molecule has 0 bridgehead atoms. The monoisotopic (exact) mass is 486 g/mol. The third-order valence-corrected chi connectivity index (χ3v) is 6.38. The number of carbonyl (C=O) groups is 2. The van der Waals surface area contributed by atoms with Crippen molar-refractivity contribution < 1.29 is 14.3 Å². The summed E-state index contributed by atoms with van der Waals surface area (Å²) >= 11 is 0. The first-order valence-electron chi connectivity index (χ1n) is 12.7. The third kappa shape index (κ3) is 7.70. The van der Waals surface area contributed by atoms with Gasteiger partial charge in [-0.25, -0.2) is 0 Å². The lowest BCUT2D eigenvalue weighted by atomic mass is 10.0. The first-order valence-corrected chi connectivity index (χ1v) is 12.7. The fraction of sp³-hybridized carbons (Fsp3) is 0.355. The van der Waals surface area contributed by atoms with E-state index in [-0.39, 0.29) is 18.4 Å². The van der Waals surface area contributed by atoms with Crippen molar-refractivity contribution in [3.63, 3.8) is 0 Å². The number of amides is 2. The Balaban J connectivity index is 1.90. The lowest BCUT2D eigenvalue weighted by Crippen LogP contribution is -2.52. The SMILES string of the molecule is CCCCNC(=O)[C@@H](Cc1ccccc1)N(Cc1ccccc1C)C(=O)COc1ccc(C)cc1C. The maximum absolute atomic E-state index is 13.7. The molecule has 2 amide bonds. The minimum atomic E-state index is -0.654. The van der Waals surface area contributed by atoms with Gasteiger partial charge in [-0.3, -0.25) is 9.59 Å². The molecule has 0 saturated carbocycles. The van der Waals surface area contributed by atoms with Gasteiger partial charge >= 0.3 is 0 Å². The number of ether oxygens (including phenoxy) is 1. The first kappa shape index (κ1) is 27.0. The molecule has 36 heavy (non-hydrogen) atoms. The van der Waals surface area contributed by atoms with Crippen LogP contribution >= 0.6 is 0 Å². The molecule has 1 N–H and O–H groups in total. The molecule has 0 fully saturated rings. The predicted octanol–water partition coefficient (Wildman–Crippen LogP) is 5.55. The molecule has 3 aromatic rings. The van der Waals surface area contributed by atoms with Gasteiger partial charge < -0.3 is 15.0 Å². The average Bonchev–Trinajstić information content (AvgIpc) is 2.87. The summed E-state index contributed by atoms with van der Waals surface area (Å²) in [7, 11) is 0. The van der Waals surface area contributed by atoms with Crippen molar-refractivity contribution in [3.05, 3.63) is 101 Å². The van der Waals surface area contributed by atoms with Crippen LogP contribution in [0.4, 0.5) is 0 Å². The number of carbonyl (C=O) groups excluding carboxylic acids is 2. The van der Waals surface area contributed by atoms with Crippen LogP contribution in [0.25, 0.3) is 0 Å². The Morgan fingerprint density at radius 2 is 1.64 bits per heavy atom. The number of hydrogen-bond acceptors (Lipinski definition) is 3. The van der Waals surface area contributed by atoms with Gasteiger partial charge in [0.2, 0.25) is 5.91 Å². The summed E-state index contributed by atoms with van der Waals surface area (Å²) in [6, 6.07) is 23.1. The largest absolute Gasteiger partial charge is 0.483 e. The number of hydrogen-bond donors (Lipinski definition) is 1. The number of rotatable bonds is 12. The molecular weight excluding hydrogens is 448 g/mol. The Hall–Kier alpha value is -3.60. The summed E-state index contributed by atoms with van der Waals surface area (Å²) in [5, 5.41) is 3.06. The standard InChI is InChI=1S/C31H38N2O3/c1-5-6-18-32-31(35)28(20-26-13-8-7-9-14-26)33(21-27-15-11-10-12-24(27)3)30(34)22-36-29-17-16-23(2)19-25(29)4/h7-17,19,28H,5-6,18,20-22H2,1-4H3,(H,32,35)/t28-/m1/s1. The Kier molecular flexibility index (Phi) is 10.1. The van der Waals surface area contributed by atoms with Gasteiger partial charge in [0.05, 0.1) is 0 Å². The van der Waals surface area contributed by atoms with E-state index < -0.39 is 6.04 Å². The van der Waals surface area contributed by atoms with Crippen molar-refractivity contribution in [2.75, 3.05) is 13.2 Å². The van der Waals surface area contributed by atoms with Gasteiger partial charge in [-0.2, -0.15) is 0 Å². The third-order valence-electron chi connectivity index (χ3n) is 6.38. The molecule has 0 spiro atoms. The van der Waals surface area contributed by atoms with Crippen LogP contribution in [0.5, 0.6) is 5.75 Å². The number of nitrogens with zero attached hydrogens (tertiary/aromatic N) is 1. The number of unbranched alkanes of at least 4 members (excludes halogenated alkanes) is 1. The molecule has 3 rings (SSSR count). The molecule has 5 heteroatoms. The fourth-order valence-electron chi connectivity index (χ4n) is 4.21. The Morgan fingerprint density at radius 3 is 2.33 bits per heavy atom. The van der Waals surface area contributed by atoms with Crippen LogP contribution in [-0.2, 0) is 22.6 Å². The van der Waals surface area contributed by atoms with Gasteiger partial charge in [0, 0.05) is 19.5 Å². The van der Waals surface area contributed by atoms with Gasteiger partial charge in [0.1, 0.15) is 11.8 Å². The molecule has 0 aliphatic rings. The van der Waals surface area contributed by atoms with Crippen molar-refractivity contribution in [3.8, 4) is 5.75 Å². The molecule has 0 aliphatic carbocycles. The van der Waals surface area contributed by atoms with E-state index in [2.05, 4.69) is 12.2 Å². The summed E-state index contributed by atoms with van der Waals surface area (Å²) < 4.78 is 5.96. The van der Waals surface area contributed by atoms with Gasteiger partial charge in [0.15, 0.2) is 6.61 Å². The Morgan fingerprint density at radius 1 is 0.917 bits per heavy atom. The second-order valence-corrected chi connectivity index (χ2v) is 9.36. The van der Waals surface area contributed by atoms with E-state index >= 15 is 0 Å². The Labute approximate surface area is 215 Å². The molecule has 3 aromatic carbocycles. The van der Waals surface area contributed by atoms with Crippen LogP contribution in [0.2, 0.25) is 0 Å². The summed E-state index contributed by atoms with van der Waals surface area (Å²) in [6.07, 6.45) is 2.31. The summed E-state index contributed by atoms with van der Waals surface area (Å²) in [5.41, 5.74) is 5.21.